The molecule has 0 N–H and O–H groups in total. The predicted octanol–water partition coefficient (Wildman–Crippen LogP) is 2.40. The first-order valence-electron chi connectivity index (χ1n) is 8.05. The molecule has 112 valence electrons. The number of hydrogen-bond donors (Lipinski definition) is 0. The van der Waals surface area contributed by atoms with E-state index in [-0.39, 0.29) is 5.92 Å². The average molecular weight is 277 g/mol. The SMILES string of the molecule is CC1CCCC(C)N1C(=O)C1CCN(CCC#N)CC1. The van der Waals surface area contributed by atoms with Gasteiger partial charge >= 0.3 is 0 Å². The monoisotopic (exact) mass is 277 g/mol. The fourth-order valence-electron chi connectivity index (χ4n) is 3.68. The van der Waals surface area contributed by atoms with Crippen LogP contribution in [0.5, 0.6) is 0 Å². The summed E-state index contributed by atoms with van der Waals surface area (Å²) in [6.45, 7) is 7.17. The fraction of sp³-hybridized carbons (Fsp3) is 0.875. The highest BCUT2D eigenvalue weighted by Gasteiger charge is 2.34. The minimum absolute atomic E-state index is 0.205. The molecule has 1 amide bonds. The Hall–Kier alpha value is -1.08. The third-order valence-electron chi connectivity index (χ3n) is 4.92. The summed E-state index contributed by atoms with van der Waals surface area (Å²) in [5.74, 6) is 0.584. The fourth-order valence-corrected chi connectivity index (χ4v) is 3.68. The molecule has 0 bridgehead atoms. The van der Waals surface area contributed by atoms with E-state index in [1.807, 2.05) is 0 Å². The zero-order valence-corrected chi connectivity index (χ0v) is 12.8. The van der Waals surface area contributed by atoms with E-state index in [9.17, 15) is 4.79 Å². The summed E-state index contributed by atoms with van der Waals surface area (Å²) in [5, 5.41) is 8.63. The second-order valence-electron chi connectivity index (χ2n) is 6.40. The van der Waals surface area contributed by atoms with E-state index in [1.54, 1.807) is 0 Å². The third kappa shape index (κ3) is 3.52. The van der Waals surface area contributed by atoms with Crippen LogP contribution in [0.4, 0.5) is 0 Å². The molecule has 0 aromatic heterocycles. The molecule has 0 saturated carbocycles. The lowest BCUT2D eigenvalue weighted by atomic mass is 9.90. The van der Waals surface area contributed by atoms with Crippen molar-refractivity contribution >= 4 is 5.91 Å². The van der Waals surface area contributed by atoms with E-state index in [2.05, 4.69) is 29.7 Å². The standard InChI is InChI=1S/C16H27N3O/c1-13-5-3-6-14(2)19(13)16(20)15-7-11-18(12-8-15)10-4-9-17/h13-15H,3-8,10-12H2,1-2H3. The van der Waals surface area contributed by atoms with Crippen LogP contribution >= 0.6 is 0 Å². The van der Waals surface area contributed by atoms with Crippen molar-refractivity contribution in [2.75, 3.05) is 19.6 Å². The number of piperidine rings is 2. The first-order chi connectivity index (χ1) is 9.63. The van der Waals surface area contributed by atoms with Crippen molar-refractivity contribution in [2.45, 2.75) is 64.5 Å². The van der Waals surface area contributed by atoms with Gasteiger partial charge in [-0.2, -0.15) is 5.26 Å². The molecule has 2 fully saturated rings. The minimum atomic E-state index is 0.205. The molecule has 4 heteroatoms. The lowest BCUT2D eigenvalue weighted by molar-refractivity contribution is -0.143. The van der Waals surface area contributed by atoms with Gasteiger partial charge in [0, 0.05) is 31.0 Å². The summed E-state index contributed by atoms with van der Waals surface area (Å²) < 4.78 is 0. The van der Waals surface area contributed by atoms with Crippen LogP contribution in [-0.2, 0) is 4.79 Å². The highest BCUT2D eigenvalue weighted by Crippen LogP contribution is 2.28. The van der Waals surface area contributed by atoms with Gasteiger partial charge in [0.25, 0.3) is 0 Å². The Morgan fingerprint density at radius 1 is 1.15 bits per heavy atom. The molecule has 0 aromatic rings. The first-order valence-corrected chi connectivity index (χ1v) is 8.05. The van der Waals surface area contributed by atoms with Gasteiger partial charge in [0.15, 0.2) is 0 Å². The van der Waals surface area contributed by atoms with Crippen LogP contribution in [-0.4, -0.2) is 47.4 Å². The van der Waals surface area contributed by atoms with Crippen molar-refractivity contribution in [1.29, 1.82) is 5.26 Å². The van der Waals surface area contributed by atoms with Gasteiger partial charge in [-0.3, -0.25) is 4.79 Å². The van der Waals surface area contributed by atoms with Crippen LogP contribution in [0.1, 0.15) is 52.4 Å². The van der Waals surface area contributed by atoms with E-state index < -0.39 is 0 Å². The van der Waals surface area contributed by atoms with Gasteiger partial charge in [-0.1, -0.05) is 0 Å². The molecule has 2 saturated heterocycles. The first kappa shape index (κ1) is 15.3. The number of amides is 1. The van der Waals surface area contributed by atoms with Gasteiger partial charge in [-0.25, -0.2) is 0 Å². The van der Waals surface area contributed by atoms with E-state index in [1.165, 1.54) is 6.42 Å². The summed E-state index contributed by atoms with van der Waals surface area (Å²) in [6, 6.07) is 3.01. The highest BCUT2D eigenvalue weighted by molar-refractivity contribution is 5.79. The number of carbonyl (C=O) groups is 1. The Morgan fingerprint density at radius 2 is 1.75 bits per heavy atom. The summed E-state index contributed by atoms with van der Waals surface area (Å²) in [7, 11) is 0. The Bertz CT molecular complexity index is 358. The zero-order chi connectivity index (χ0) is 14.5. The summed E-state index contributed by atoms with van der Waals surface area (Å²) in [4.78, 5) is 17.2. The quantitative estimate of drug-likeness (QED) is 0.796. The van der Waals surface area contributed by atoms with Crippen molar-refractivity contribution in [3.05, 3.63) is 0 Å². The molecular formula is C16H27N3O. The number of rotatable bonds is 3. The third-order valence-corrected chi connectivity index (χ3v) is 4.92. The van der Waals surface area contributed by atoms with Gasteiger partial charge in [0.2, 0.25) is 5.91 Å². The predicted molar refractivity (Wildman–Crippen MR) is 79.0 cm³/mol. The van der Waals surface area contributed by atoms with Crippen molar-refractivity contribution in [3.8, 4) is 6.07 Å². The molecule has 2 aliphatic heterocycles. The van der Waals surface area contributed by atoms with Crippen LogP contribution in [0.2, 0.25) is 0 Å². The second-order valence-corrected chi connectivity index (χ2v) is 6.40. The van der Waals surface area contributed by atoms with Gasteiger partial charge in [0.05, 0.1) is 6.07 Å². The summed E-state index contributed by atoms with van der Waals surface area (Å²) in [5.41, 5.74) is 0. The van der Waals surface area contributed by atoms with Crippen molar-refractivity contribution in [1.82, 2.24) is 9.80 Å². The van der Waals surface area contributed by atoms with Gasteiger partial charge in [0.1, 0.15) is 0 Å². The van der Waals surface area contributed by atoms with E-state index >= 15 is 0 Å². The highest BCUT2D eigenvalue weighted by atomic mass is 16.2. The van der Waals surface area contributed by atoms with Crippen LogP contribution in [0.15, 0.2) is 0 Å². The normalized spacial score (nSPS) is 29.1. The van der Waals surface area contributed by atoms with Crippen molar-refractivity contribution in [3.63, 3.8) is 0 Å². The second kappa shape index (κ2) is 7.08. The number of nitrogens with zero attached hydrogens (tertiary/aromatic N) is 3. The van der Waals surface area contributed by atoms with Crippen LogP contribution in [0.3, 0.4) is 0 Å². The molecule has 20 heavy (non-hydrogen) atoms. The molecular weight excluding hydrogens is 250 g/mol. The smallest absolute Gasteiger partial charge is 0.226 e. The summed E-state index contributed by atoms with van der Waals surface area (Å²) in [6.07, 6.45) is 6.06. The molecule has 2 unspecified atom stereocenters. The van der Waals surface area contributed by atoms with Crippen LogP contribution in [0, 0.1) is 17.2 Å². The molecule has 2 heterocycles. The van der Waals surface area contributed by atoms with Crippen molar-refractivity contribution in [2.24, 2.45) is 5.92 Å². The molecule has 0 spiro atoms. The van der Waals surface area contributed by atoms with E-state index in [4.69, 9.17) is 5.26 Å². The maximum atomic E-state index is 12.7. The Labute approximate surface area is 122 Å². The zero-order valence-electron chi connectivity index (χ0n) is 12.8. The number of nitriles is 1. The Morgan fingerprint density at radius 3 is 2.30 bits per heavy atom. The minimum Gasteiger partial charge on any atom is -0.337 e. The lowest BCUT2D eigenvalue weighted by Crippen LogP contribution is -2.51. The average Bonchev–Trinajstić information content (AvgIpc) is 2.45. The van der Waals surface area contributed by atoms with Crippen LogP contribution in [0.25, 0.3) is 0 Å². The topological polar surface area (TPSA) is 47.3 Å². The molecule has 0 radical (unpaired) electrons. The maximum absolute atomic E-state index is 12.7. The molecule has 2 atom stereocenters. The number of likely N-dealkylation sites (tertiary alicyclic amines) is 2. The van der Waals surface area contributed by atoms with Crippen molar-refractivity contribution < 1.29 is 4.79 Å². The molecule has 2 aliphatic rings. The van der Waals surface area contributed by atoms with Crippen LogP contribution < -0.4 is 0 Å². The van der Waals surface area contributed by atoms with E-state index in [0.717, 1.165) is 45.3 Å². The molecule has 2 rings (SSSR count). The summed E-state index contributed by atoms with van der Waals surface area (Å²) >= 11 is 0. The molecule has 0 aromatic carbocycles. The van der Waals surface area contributed by atoms with E-state index in [0.29, 0.717) is 24.4 Å². The Balaban J connectivity index is 1.86. The van der Waals surface area contributed by atoms with Gasteiger partial charge < -0.3 is 9.80 Å². The Kier molecular flexibility index (Phi) is 5.42. The molecule has 4 nitrogen and oxygen atoms in total. The number of hydrogen-bond acceptors (Lipinski definition) is 3. The maximum Gasteiger partial charge on any atom is 0.226 e. The van der Waals surface area contributed by atoms with Gasteiger partial charge in [-0.05, 0) is 59.0 Å². The lowest BCUT2D eigenvalue weighted by Gasteiger charge is -2.42. The molecule has 0 aliphatic carbocycles. The largest absolute Gasteiger partial charge is 0.337 e. The number of carbonyl (C=O) groups excluding carboxylic acids is 1. The van der Waals surface area contributed by atoms with Gasteiger partial charge in [-0.15, -0.1) is 0 Å².